The molecule has 0 aliphatic carbocycles. The maximum Gasteiger partial charge on any atom is 0.390 e. The lowest BCUT2D eigenvalue weighted by Gasteiger charge is -2.33. The summed E-state index contributed by atoms with van der Waals surface area (Å²) in [6.07, 6.45) is 2.70. The van der Waals surface area contributed by atoms with E-state index in [1.54, 1.807) is 12.5 Å². The van der Waals surface area contributed by atoms with Crippen LogP contribution in [0, 0.1) is 5.92 Å². The largest absolute Gasteiger partial charge is 0.390 e. The summed E-state index contributed by atoms with van der Waals surface area (Å²) in [5.41, 5.74) is 0. The van der Waals surface area contributed by atoms with Crippen molar-refractivity contribution in [3.8, 4) is 0 Å². The number of rotatable bonds is 4. The van der Waals surface area contributed by atoms with Crippen molar-refractivity contribution < 1.29 is 13.2 Å². The van der Waals surface area contributed by atoms with Gasteiger partial charge in [-0.05, 0) is 25.3 Å². The molecule has 0 spiro atoms. The highest BCUT2D eigenvalue weighted by Gasteiger charge is 2.29. The van der Waals surface area contributed by atoms with Gasteiger partial charge in [-0.2, -0.15) is 13.2 Å². The van der Waals surface area contributed by atoms with Crippen molar-refractivity contribution in [2.45, 2.75) is 32.0 Å². The van der Waals surface area contributed by atoms with Crippen LogP contribution < -0.4 is 0 Å². The molecule has 0 bridgehead atoms. The van der Waals surface area contributed by atoms with Gasteiger partial charge in [0.2, 0.25) is 0 Å². The Bertz CT molecular complexity index is 348. The van der Waals surface area contributed by atoms with Crippen LogP contribution in [0.15, 0.2) is 18.7 Å². The molecule has 0 N–H and O–H groups in total. The molecule has 0 saturated carbocycles. The number of alkyl halides is 3. The van der Waals surface area contributed by atoms with Gasteiger partial charge < -0.3 is 9.47 Å². The van der Waals surface area contributed by atoms with E-state index >= 15 is 0 Å². The highest BCUT2D eigenvalue weighted by Crippen LogP contribution is 2.23. The fraction of sp³-hybridized carbons (Fsp3) is 0.750. The fourth-order valence-corrected chi connectivity index (χ4v) is 2.48. The van der Waals surface area contributed by atoms with Gasteiger partial charge >= 0.3 is 6.18 Å². The smallest absolute Gasteiger partial charge is 0.337 e. The SMILES string of the molecule is FC(F)(F)CCN1CCC[C@@H](Cn2ccnc2)C1. The monoisotopic (exact) mass is 261 g/mol. The molecule has 1 aromatic rings. The van der Waals surface area contributed by atoms with E-state index in [0.29, 0.717) is 5.92 Å². The zero-order valence-electron chi connectivity index (χ0n) is 10.2. The van der Waals surface area contributed by atoms with E-state index in [9.17, 15) is 13.2 Å². The number of likely N-dealkylation sites (tertiary alicyclic amines) is 1. The minimum atomic E-state index is -4.04. The van der Waals surface area contributed by atoms with E-state index in [-0.39, 0.29) is 6.54 Å². The molecule has 1 aliphatic rings. The number of hydrogen-bond donors (Lipinski definition) is 0. The van der Waals surface area contributed by atoms with Crippen LogP contribution in [-0.2, 0) is 6.54 Å². The molecule has 2 heterocycles. The Morgan fingerprint density at radius 2 is 2.17 bits per heavy atom. The van der Waals surface area contributed by atoms with Crippen LogP contribution in [0.2, 0.25) is 0 Å². The van der Waals surface area contributed by atoms with Gasteiger partial charge in [-0.1, -0.05) is 0 Å². The van der Waals surface area contributed by atoms with Gasteiger partial charge in [-0.15, -0.1) is 0 Å². The molecular weight excluding hydrogens is 243 g/mol. The number of hydrogen-bond acceptors (Lipinski definition) is 2. The Labute approximate surface area is 105 Å². The number of piperidine rings is 1. The lowest BCUT2D eigenvalue weighted by Crippen LogP contribution is -2.38. The molecule has 1 aliphatic heterocycles. The topological polar surface area (TPSA) is 21.1 Å². The summed E-state index contributed by atoms with van der Waals surface area (Å²) < 4.78 is 38.5. The van der Waals surface area contributed by atoms with Gasteiger partial charge in [0, 0.05) is 32.0 Å². The summed E-state index contributed by atoms with van der Waals surface area (Å²) in [7, 11) is 0. The number of imidazole rings is 1. The Balaban J connectivity index is 1.77. The van der Waals surface area contributed by atoms with Crippen LogP contribution in [-0.4, -0.2) is 40.3 Å². The second-order valence-corrected chi connectivity index (χ2v) is 4.93. The Morgan fingerprint density at radius 1 is 1.33 bits per heavy atom. The van der Waals surface area contributed by atoms with Crippen molar-refractivity contribution in [2.24, 2.45) is 5.92 Å². The molecule has 1 aromatic heterocycles. The molecule has 18 heavy (non-hydrogen) atoms. The van der Waals surface area contributed by atoms with Crippen LogP contribution in [0.4, 0.5) is 13.2 Å². The molecule has 1 atom stereocenters. The summed E-state index contributed by atoms with van der Waals surface area (Å²) in [5.74, 6) is 0.432. The molecular formula is C12H18F3N3. The third-order valence-corrected chi connectivity index (χ3v) is 3.34. The quantitative estimate of drug-likeness (QED) is 0.830. The summed E-state index contributed by atoms with van der Waals surface area (Å²) in [4.78, 5) is 5.91. The Kier molecular flexibility index (Phi) is 4.27. The number of aromatic nitrogens is 2. The van der Waals surface area contributed by atoms with Crippen molar-refractivity contribution in [3.05, 3.63) is 18.7 Å². The Morgan fingerprint density at radius 3 is 2.83 bits per heavy atom. The second-order valence-electron chi connectivity index (χ2n) is 4.93. The van der Waals surface area contributed by atoms with Gasteiger partial charge in [0.25, 0.3) is 0 Å². The summed E-state index contributed by atoms with van der Waals surface area (Å²) in [6, 6.07) is 0. The van der Waals surface area contributed by atoms with E-state index < -0.39 is 12.6 Å². The molecule has 2 rings (SSSR count). The first-order valence-electron chi connectivity index (χ1n) is 6.28. The average molecular weight is 261 g/mol. The Hall–Kier alpha value is -1.04. The van der Waals surface area contributed by atoms with E-state index in [2.05, 4.69) is 4.98 Å². The molecule has 1 fully saturated rings. The summed E-state index contributed by atoms with van der Waals surface area (Å²) in [6.45, 7) is 2.53. The van der Waals surface area contributed by atoms with Gasteiger partial charge in [-0.25, -0.2) is 4.98 Å². The van der Waals surface area contributed by atoms with Crippen molar-refractivity contribution in [3.63, 3.8) is 0 Å². The summed E-state index contributed by atoms with van der Waals surface area (Å²) >= 11 is 0. The number of halogens is 3. The molecule has 102 valence electrons. The van der Waals surface area contributed by atoms with Gasteiger partial charge in [0.05, 0.1) is 12.7 Å². The second kappa shape index (κ2) is 5.73. The van der Waals surface area contributed by atoms with Crippen LogP contribution >= 0.6 is 0 Å². The lowest BCUT2D eigenvalue weighted by molar-refractivity contribution is -0.138. The van der Waals surface area contributed by atoms with Gasteiger partial charge in [-0.3, -0.25) is 0 Å². The highest BCUT2D eigenvalue weighted by molar-refractivity contribution is 4.79. The average Bonchev–Trinajstić information content (AvgIpc) is 2.79. The summed E-state index contributed by atoms with van der Waals surface area (Å²) in [5, 5.41) is 0. The van der Waals surface area contributed by atoms with E-state index in [0.717, 1.165) is 32.5 Å². The predicted octanol–water partition coefficient (Wildman–Crippen LogP) is 2.55. The van der Waals surface area contributed by atoms with Crippen molar-refractivity contribution in [1.82, 2.24) is 14.5 Å². The van der Waals surface area contributed by atoms with Crippen molar-refractivity contribution >= 4 is 0 Å². The predicted molar refractivity (Wildman–Crippen MR) is 62.1 cm³/mol. The molecule has 0 unspecified atom stereocenters. The van der Waals surface area contributed by atoms with Gasteiger partial charge in [0.15, 0.2) is 0 Å². The molecule has 0 radical (unpaired) electrons. The fourth-order valence-electron chi connectivity index (χ4n) is 2.48. The first-order valence-corrected chi connectivity index (χ1v) is 6.28. The first kappa shape index (κ1) is 13.4. The van der Waals surface area contributed by atoms with Crippen molar-refractivity contribution in [1.29, 1.82) is 0 Å². The first-order chi connectivity index (χ1) is 8.53. The van der Waals surface area contributed by atoms with E-state index in [4.69, 9.17) is 0 Å². The van der Waals surface area contributed by atoms with Crippen LogP contribution in [0.5, 0.6) is 0 Å². The zero-order valence-corrected chi connectivity index (χ0v) is 10.2. The third-order valence-electron chi connectivity index (χ3n) is 3.34. The molecule has 3 nitrogen and oxygen atoms in total. The standard InChI is InChI=1S/C12H18F3N3/c13-12(14,15)3-6-17-5-1-2-11(8-17)9-18-7-4-16-10-18/h4,7,10-11H,1-3,5-6,8-9H2/t11-/m1/s1. The third kappa shape index (κ3) is 4.33. The van der Waals surface area contributed by atoms with Crippen LogP contribution in [0.25, 0.3) is 0 Å². The molecule has 0 amide bonds. The normalized spacial score (nSPS) is 22.3. The van der Waals surface area contributed by atoms with Crippen molar-refractivity contribution in [2.75, 3.05) is 19.6 Å². The van der Waals surface area contributed by atoms with Crippen LogP contribution in [0.1, 0.15) is 19.3 Å². The zero-order chi connectivity index (χ0) is 13.0. The maximum atomic E-state index is 12.2. The molecule has 1 saturated heterocycles. The lowest BCUT2D eigenvalue weighted by atomic mass is 9.98. The minimum absolute atomic E-state index is 0.129. The highest BCUT2D eigenvalue weighted by atomic mass is 19.4. The molecule has 6 heteroatoms. The van der Waals surface area contributed by atoms with E-state index in [1.807, 2.05) is 15.7 Å². The minimum Gasteiger partial charge on any atom is -0.337 e. The molecule has 0 aromatic carbocycles. The van der Waals surface area contributed by atoms with Gasteiger partial charge in [0.1, 0.15) is 0 Å². The maximum absolute atomic E-state index is 12.2. The number of nitrogens with zero attached hydrogens (tertiary/aromatic N) is 3. The van der Waals surface area contributed by atoms with E-state index in [1.165, 1.54) is 0 Å². The van der Waals surface area contributed by atoms with Crippen LogP contribution in [0.3, 0.4) is 0 Å².